The van der Waals surface area contributed by atoms with Gasteiger partial charge in [0, 0.05) is 17.1 Å². The van der Waals surface area contributed by atoms with Crippen molar-refractivity contribution in [3.63, 3.8) is 0 Å². The molecule has 4 nitrogen and oxygen atoms in total. The number of carbonyl (C=O) groups is 1. The molecule has 0 atom stereocenters. The quantitative estimate of drug-likeness (QED) is 0.723. The van der Waals surface area contributed by atoms with Gasteiger partial charge in [0.25, 0.3) is 5.91 Å². The maximum atomic E-state index is 12.1. The number of hydrogen-bond acceptors (Lipinski definition) is 5. The van der Waals surface area contributed by atoms with Crippen LogP contribution in [0.15, 0.2) is 40.2 Å². The minimum atomic E-state index is -0.176. The zero-order valence-corrected chi connectivity index (χ0v) is 14.2. The van der Waals surface area contributed by atoms with E-state index in [4.69, 9.17) is 0 Å². The summed E-state index contributed by atoms with van der Waals surface area (Å²) in [6, 6.07) is 11.3. The van der Waals surface area contributed by atoms with E-state index in [9.17, 15) is 4.79 Å². The summed E-state index contributed by atoms with van der Waals surface area (Å²) in [5.41, 5.74) is 1.73. The molecule has 21 heavy (non-hydrogen) atoms. The van der Waals surface area contributed by atoms with E-state index in [0.717, 1.165) is 14.2 Å². The molecule has 2 aromatic heterocycles. The lowest BCUT2D eigenvalue weighted by Crippen LogP contribution is -2.11. The van der Waals surface area contributed by atoms with Crippen LogP contribution in [0.5, 0.6) is 0 Å². The van der Waals surface area contributed by atoms with Gasteiger partial charge in [-0.05, 0) is 47.1 Å². The Labute approximate surface area is 138 Å². The lowest BCUT2D eigenvalue weighted by Gasteiger charge is -2.01. The second kappa shape index (κ2) is 6.05. The molecule has 0 aliphatic heterocycles. The third kappa shape index (κ3) is 3.37. The van der Waals surface area contributed by atoms with Gasteiger partial charge < -0.3 is 0 Å². The lowest BCUT2D eigenvalue weighted by molar-refractivity contribution is 0.102. The molecule has 1 amide bonds. The number of nitrogens with zero attached hydrogens (tertiary/aromatic N) is 2. The van der Waals surface area contributed by atoms with Crippen molar-refractivity contribution in [2.75, 3.05) is 5.32 Å². The molecule has 3 rings (SSSR count). The summed E-state index contributed by atoms with van der Waals surface area (Å²) in [6.45, 7) is 1.98. The number of aryl methyl sites for hydroxylation is 1. The number of carbonyl (C=O) groups excluding carboxylic acids is 1. The predicted octanol–water partition coefficient (Wildman–Crippen LogP) is 4.59. The molecule has 0 aliphatic rings. The van der Waals surface area contributed by atoms with Crippen molar-refractivity contribution in [2.24, 2.45) is 0 Å². The highest BCUT2D eigenvalue weighted by Crippen LogP contribution is 2.31. The molecular weight excluding hydrogens is 370 g/mol. The molecule has 0 saturated heterocycles. The van der Waals surface area contributed by atoms with Crippen LogP contribution in [0.25, 0.3) is 10.7 Å². The number of thiophene rings is 1. The van der Waals surface area contributed by atoms with Gasteiger partial charge in [0.2, 0.25) is 5.13 Å². The van der Waals surface area contributed by atoms with Crippen LogP contribution in [0, 0.1) is 6.92 Å². The monoisotopic (exact) mass is 379 g/mol. The van der Waals surface area contributed by atoms with Crippen LogP contribution in [0.3, 0.4) is 0 Å². The van der Waals surface area contributed by atoms with Gasteiger partial charge in [0.05, 0.1) is 8.66 Å². The third-order valence-electron chi connectivity index (χ3n) is 2.75. The summed E-state index contributed by atoms with van der Waals surface area (Å²) in [7, 11) is 0. The summed E-state index contributed by atoms with van der Waals surface area (Å²) in [5, 5.41) is 3.27. The summed E-state index contributed by atoms with van der Waals surface area (Å²) >= 11 is 6.14. The number of nitrogens with one attached hydrogen (secondary N) is 1. The Bertz CT molecular complexity index is 780. The number of amides is 1. The third-order valence-corrected chi connectivity index (χ3v) is 5.00. The van der Waals surface area contributed by atoms with Crippen molar-refractivity contribution in [1.29, 1.82) is 0 Å². The molecule has 0 aliphatic carbocycles. The number of halogens is 1. The Hall–Kier alpha value is -1.57. The van der Waals surface area contributed by atoms with Crippen LogP contribution in [-0.2, 0) is 0 Å². The Balaban J connectivity index is 1.75. The van der Waals surface area contributed by atoms with E-state index in [0.29, 0.717) is 16.5 Å². The van der Waals surface area contributed by atoms with Gasteiger partial charge in [-0.1, -0.05) is 17.7 Å². The SMILES string of the molecule is Cc1ccc(C(=O)Nc2nc(-c3ccc(Br)s3)ns2)cc1. The van der Waals surface area contributed by atoms with Gasteiger partial charge in [0.15, 0.2) is 5.82 Å². The molecule has 106 valence electrons. The molecule has 0 bridgehead atoms. The highest BCUT2D eigenvalue weighted by atomic mass is 79.9. The van der Waals surface area contributed by atoms with Gasteiger partial charge >= 0.3 is 0 Å². The molecule has 3 aromatic rings. The molecule has 0 fully saturated rings. The van der Waals surface area contributed by atoms with Crippen molar-refractivity contribution in [3.8, 4) is 10.7 Å². The molecular formula is C14H10BrN3OS2. The van der Waals surface area contributed by atoms with Crippen molar-refractivity contribution >= 4 is 49.8 Å². The zero-order chi connectivity index (χ0) is 14.8. The summed E-state index contributed by atoms with van der Waals surface area (Å²) in [5.74, 6) is 0.458. The van der Waals surface area contributed by atoms with Gasteiger partial charge in [0.1, 0.15) is 0 Å². The fourth-order valence-corrected chi connectivity index (χ4v) is 3.64. The highest BCUT2D eigenvalue weighted by molar-refractivity contribution is 9.11. The molecule has 0 radical (unpaired) electrons. The molecule has 1 aromatic carbocycles. The fraction of sp³-hybridized carbons (Fsp3) is 0.0714. The number of rotatable bonds is 3. The van der Waals surface area contributed by atoms with E-state index < -0.39 is 0 Å². The number of anilines is 1. The van der Waals surface area contributed by atoms with Crippen LogP contribution in [0.1, 0.15) is 15.9 Å². The van der Waals surface area contributed by atoms with Gasteiger partial charge in [-0.2, -0.15) is 9.36 Å². The van der Waals surface area contributed by atoms with Crippen LogP contribution >= 0.6 is 38.8 Å². The molecule has 7 heteroatoms. The Morgan fingerprint density at radius 3 is 2.62 bits per heavy atom. The second-order valence-corrected chi connectivity index (χ2v) is 7.56. The minimum Gasteiger partial charge on any atom is -0.297 e. The van der Waals surface area contributed by atoms with E-state index in [-0.39, 0.29) is 5.91 Å². The van der Waals surface area contributed by atoms with Crippen LogP contribution in [-0.4, -0.2) is 15.3 Å². The van der Waals surface area contributed by atoms with E-state index in [2.05, 4.69) is 30.6 Å². The average molecular weight is 380 g/mol. The summed E-state index contributed by atoms with van der Waals surface area (Å²) < 4.78 is 5.29. The average Bonchev–Trinajstić information content (AvgIpc) is 3.08. The van der Waals surface area contributed by atoms with Crippen LogP contribution in [0.4, 0.5) is 5.13 Å². The number of aromatic nitrogens is 2. The number of benzene rings is 1. The maximum Gasteiger partial charge on any atom is 0.257 e. The predicted molar refractivity (Wildman–Crippen MR) is 90.1 cm³/mol. The Kier molecular flexibility index (Phi) is 4.14. The standard InChI is InChI=1S/C14H10BrN3OS2/c1-8-2-4-9(5-3-8)13(19)17-14-16-12(18-21-14)10-6-7-11(15)20-10/h2-7H,1H3,(H,16,17,18,19). The first-order valence-corrected chi connectivity index (χ1v) is 8.47. The smallest absolute Gasteiger partial charge is 0.257 e. The van der Waals surface area contributed by atoms with Crippen molar-refractivity contribution in [1.82, 2.24) is 9.36 Å². The first kappa shape index (κ1) is 14.4. The first-order valence-electron chi connectivity index (χ1n) is 6.09. The van der Waals surface area contributed by atoms with Gasteiger partial charge in [-0.25, -0.2) is 0 Å². The van der Waals surface area contributed by atoms with Crippen molar-refractivity contribution < 1.29 is 4.79 Å². The first-order chi connectivity index (χ1) is 10.1. The Morgan fingerprint density at radius 1 is 1.19 bits per heavy atom. The van der Waals surface area contributed by atoms with E-state index in [1.165, 1.54) is 11.5 Å². The van der Waals surface area contributed by atoms with Crippen molar-refractivity contribution in [3.05, 3.63) is 51.3 Å². The largest absolute Gasteiger partial charge is 0.297 e. The summed E-state index contributed by atoms with van der Waals surface area (Å²) in [6.07, 6.45) is 0. The molecule has 1 N–H and O–H groups in total. The van der Waals surface area contributed by atoms with Gasteiger partial charge in [-0.3, -0.25) is 10.1 Å². The van der Waals surface area contributed by atoms with Gasteiger partial charge in [-0.15, -0.1) is 11.3 Å². The topological polar surface area (TPSA) is 54.9 Å². The second-order valence-electron chi connectivity index (χ2n) is 4.35. The fourth-order valence-electron chi connectivity index (χ4n) is 1.68. The molecule has 2 heterocycles. The minimum absolute atomic E-state index is 0.176. The van der Waals surface area contributed by atoms with Crippen molar-refractivity contribution in [2.45, 2.75) is 6.92 Å². The maximum absolute atomic E-state index is 12.1. The molecule has 0 unspecified atom stereocenters. The highest BCUT2D eigenvalue weighted by Gasteiger charge is 2.12. The normalized spacial score (nSPS) is 10.6. The van der Waals surface area contributed by atoms with Crippen LogP contribution < -0.4 is 5.32 Å². The molecule has 0 spiro atoms. The van der Waals surface area contributed by atoms with E-state index in [1.54, 1.807) is 23.5 Å². The van der Waals surface area contributed by atoms with Crippen LogP contribution in [0.2, 0.25) is 0 Å². The van der Waals surface area contributed by atoms with E-state index in [1.807, 2.05) is 31.2 Å². The van der Waals surface area contributed by atoms with E-state index >= 15 is 0 Å². The Morgan fingerprint density at radius 2 is 1.95 bits per heavy atom. The number of hydrogen-bond donors (Lipinski definition) is 1. The zero-order valence-electron chi connectivity index (χ0n) is 11.0. The summed E-state index contributed by atoms with van der Waals surface area (Å²) in [4.78, 5) is 17.4. The lowest BCUT2D eigenvalue weighted by atomic mass is 10.1. The molecule has 0 saturated carbocycles.